The highest BCUT2D eigenvalue weighted by Crippen LogP contribution is 2.37. The monoisotopic (exact) mass is 388 g/mol. The predicted octanol–water partition coefficient (Wildman–Crippen LogP) is 0.655. The number of amides is 2. The van der Waals surface area contributed by atoms with E-state index in [1.54, 1.807) is 13.0 Å². The summed E-state index contributed by atoms with van der Waals surface area (Å²) in [4.78, 5) is 26.6. The molecule has 0 unspecified atom stereocenters. The van der Waals surface area contributed by atoms with E-state index < -0.39 is 12.0 Å². The molecule has 1 atom stereocenters. The van der Waals surface area contributed by atoms with Gasteiger partial charge in [0.05, 0.1) is 37.0 Å². The number of hydrogen-bond acceptors (Lipinski definition) is 5. The van der Waals surface area contributed by atoms with E-state index in [1.165, 1.54) is 11.3 Å². The number of esters is 1. The Labute approximate surface area is 163 Å². The molecule has 3 N–H and O–H groups in total. The summed E-state index contributed by atoms with van der Waals surface area (Å²) in [7, 11) is 0. The van der Waals surface area contributed by atoms with Crippen LogP contribution in [0.1, 0.15) is 37.8 Å². The van der Waals surface area contributed by atoms with Crippen molar-refractivity contribution in [2.24, 2.45) is 0 Å². The zero-order valence-electron chi connectivity index (χ0n) is 16.0. The van der Waals surface area contributed by atoms with E-state index in [1.807, 2.05) is 12.1 Å². The van der Waals surface area contributed by atoms with Gasteiger partial charge in [-0.15, -0.1) is 0 Å². The number of quaternary nitrogens is 1. The fraction of sp³-hybridized carbons (Fsp3) is 0.500. The maximum Gasteiger partial charge on any atom is 0.338 e. The van der Waals surface area contributed by atoms with E-state index in [0.717, 1.165) is 31.5 Å². The smallest absolute Gasteiger partial charge is 0.338 e. The Morgan fingerprint density at radius 3 is 2.79 bits per heavy atom. The third kappa shape index (κ3) is 3.77. The van der Waals surface area contributed by atoms with Crippen molar-refractivity contribution >= 4 is 12.0 Å². The lowest BCUT2D eigenvalue weighted by atomic mass is 9.94. The molecule has 150 valence electrons. The number of fused-ring (bicyclic) bond motifs is 1. The van der Waals surface area contributed by atoms with Crippen LogP contribution >= 0.6 is 0 Å². The number of ether oxygens (including phenoxy) is 3. The van der Waals surface area contributed by atoms with Gasteiger partial charge in [-0.1, -0.05) is 6.07 Å². The van der Waals surface area contributed by atoms with Gasteiger partial charge >= 0.3 is 12.0 Å². The number of nitrogens with one attached hydrogen (secondary N) is 3. The topological polar surface area (TPSA) is 90.3 Å². The molecular weight excluding hydrogens is 362 g/mol. The minimum atomic E-state index is -0.596. The molecule has 1 saturated heterocycles. The lowest BCUT2D eigenvalue weighted by Gasteiger charge is -2.31. The van der Waals surface area contributed by atoms with Gasteiger partial charge in [0.25, 0.3) is 0 Å². The Morgan fingerprint density at radius 1 is 1.21 bits per heavy atom. The number of piperidine rings is 1. The summed E-state index contributed by atoms with van der Waals surface area (Å²) in [6.07, 6.45) is 3.56. The first-order valence-corrected chi connectivity index (χ1v) is 9.86. The number of benzene rings is 1. The molecule has 0 aliphatic carbocycles. The normalized spacial score (nSPS) is 21.9. The van der Waals surface area contributed by atoms with Gasteiger partial charge in [-0.3, -0.25) is 0 Å². The molecule has 0 aromatic heterocycles. The van der Waals surface area contributed by atoms with Gasteiger partial charge in [0.2, 0.25) is 6.79 Å². The van der Waals surface area contributed by atoms with Crippen LogP contribution in [0.15, 0.2) is 29.5 Å². The van der Waals surface area contributed by atoms with Gasteiger partial charge < -0.3 is 29.7 Å². The van der Waals surface area contributed by atoms with Crippen molar-refractivity contribution in [1.82, 2.24) is 10.6 Å². The van der Waals surface area contributed by atoms with Crippen LogP contribution in [0, 0.1) is 0 Å². The number of carbonyl (C=O) groups is 2. The van der Waals surface area contributed by atoms with Crippen LogP contribution < -0.4 is 25.0 Å². The van der Waals surface area contributed by atoms with Crippen molar-refractivity contribution in [2.75, 3.05) is 33.0 Å². The molecular formula is C20H26N3O5+. The largest absolute Gasteiger partial charge is 0.463 e. The third-order valence-electron chi connectivity index (χ3n) is 5.37. The molecule has 3 aliphatic rings. The van der Waals surface area contributed by atoms with Crippen molar-refractivity contribution in [3.05, 3.63) is 35.0 Å². The van der Waals surface area contributed by atoms with Gasteiger partial charge in [0.1, 0.15) is 6.54 Å². The average molecular weight is 388 g/mol. The van der Waals surface area contributed by atoms with Crippen LogP contribution in [0.2, 0.25) is 0 Å². The van der Waals surface area contributed by atoms with E-state index in [-0.39, 0.29) is 19.4 Å². The van der Waals surface area contributed by atoms with Crippen LogP contribution in [0.3, 0.4) is 0 Å². The summed E-state index contributed by atoms with van der Waals surface area (Å²) >= 11 is 0. The molecule has 0 saturated carbocycles. The van der Waals surface area contributed by atoms with E-state index in [2.05, 4.69) is 10.6 Å². The van der Waals surface area contributed by atoms with Crippen molar-refractivity contribution in [1.29, 1.82) is 0 Å². The second-order valence-corrected chi connectivity index (χ2v) is 7.24. The minimum absolute atomic E-state index is 0.168. The van der Waals surface area contributed by atoms with Crippen molar-refractivity contribution < 1.29 is 28.7 Å². The first kappa shape index (κ1) is 18.6. The van der Waals surface area contributed by atoms with Crippen LogP contribution in [0.25, 0.3) is 0 Å². The molecule has 2 amide bonds. The highest BCUT2D eigenvalue weighted by atomic mass is 16.7. The zero-order valence-corrected chi connectivity index (χ0v) is 16.0. The van der Waals surface area contributed by atoms with Crippen molar-refractivity contribution in [3.63, 3.8) is 0 Å². The first-order chi connectivity index (χ1) is 13.7. The van der Waals surface area contributed by atoms with Crippen LogP contribution in [0.4, 0.5) is 4.79 Å². The van der Waals surface area contributed by atoms with Gasteiger partial charge in [0.15, 0.2) is 11.5 Å². The molecule has 1 fully saturated rings. The molecule has 28 heavy (non-hydrogen) atoms. The van der Waals surface area contributed by atoms with E-state index in [0.29, 0.717) is 29.3 Å². The van der Waals surface area contributed by atoms with Crippen molar-refractivity contribution in [3.8, 4) is 11.5 Å². The van der Waals surface area contributed by atoms with Crippen LogP contribution in [-0.4, -0.2) is 45.0 Å². The van der Waals surface area contributed by atoms with Crippen molar-refractivity contribution in [2.45, 2.75) is 32.2 Å². The lowest BCUT2D eigenvalue weighted by Crippen LogP contribution is -3.13. The summed E-state index contributed by atoms with van der Waals surface area (Å²) in [5, 5.41) is 5.72. The fourth-order valence-corrected chi connectivity index (χ4v) is 4.03. The maximum atomic E-state index is 12.8. The summed E-state index contributed by atoms with van der Waals surface area (Å²) in [6, 6.07) is 4.53. The summed E-state index contributed by atoms with van der Waals surface area (Å²) in [5.74, 6) is 0.851. The summed E-state index contributed by atoms with van der Waals surface area (Å²) < 4.78 is 16.2. The van der Waals surface area contributed by atoms with Gasteiger partial charge in [-0.2, -0.15) is 0 Å². The number of hydrogen-bond donors (Lipinski definition) is 3. The van der Waals surface area contributed by atoms with Gasteiger partial charge in [-0.05, 0) is 43.9 Å². The van der Waals surface area contributed by atoms with Gasteiger partial charge in [0, 0.05) is 0 Å². The summed E-state index contributed by atoms with van der Waals surface area (Å²) in [5.41, 5.74) is 1.86. The Kier molecular flexibility index (Phi) is 5.38. The minimum Gasteiger partial charge on any atom is -0.463 e. The second kappa shape index (κ2) is 8.10. The average Bonchev–Trinajstić information content (AvgIpc) is 3.16. The second-order valence-electron chi connectivity index (χ2n) is 7.24. The van der Waals surface area contributed by atoms with Gasteiger partial charge in [-0.25, -0.2) is 9.59 Å². The molecule has 3 heterocycles. The molecule has 3 aliphatic heterocycles. The molecule has 0 bridgehead atoms. The zero-order chi connectivity index (χ0) is 19.5. The predicted molar refractivity (Wildman–Crippen MR) is 100 cm³/mol. The molecule has 1 aromatic carbocycles. The SMILES string of the molecule is CCOC(=O)C1=C(C[NH+]2CCCCC2)NC(=O)N[C@@H]1c1ccc2c(c1)OCO2. The fourth-order valence-electron chi connectivity index (χ4n) is 4.03. The Hall–Kier alpha value is -2.74. The number of urea groups is 1. The van der Waals surface area contributed by atoms with E-state index in [4.69, 9.17) is 14.2 Å². The molecule has 8 nitrogen and oxygen atoms in total. The maximum absolute atomic E-state index is 12.8. The molecule has 0 radical (unpaired) electrons. The van der Waals surface area contributed by atoms with Crippen LogP contribution in [-0.2, 0) is 9.53 Å². The van der Waals surface area contributed by atoms with Crippen LogP contribution in [0.5, 0.6) is 11.5 Å². The first-order valence-electron chi connectivity index (χ1n) is 9.86. The molecule has 1 aromatic rings. The molecule has 8 heteroatoms. The Balaban J connectivity index is 1.70. The molecule has 4 rings (SSSR count). The third-order valence-corrected chi connectivity index (χ3v) is 5.37. The highest BCUT2D eigenvalue weighted by Gasteiger charge is 2.36. The standard InChI is InChI=1S/C20H25N3O5/c1-2-26-19(24)17-14(11-23-8-4-3-5-9-23)21-20(25)22-18(17)13-6-7-15-16(10-13)28-12-27-15/h6-7,10,18H,2-5,8-9,11-12H2,1H3,(H2,21,22,25)/p+1/t18-/m1/s1. The summed E-state index contributed by atoms with van der Waals surface area (Å²) in [6.45, 7) is 4.89. The van der Waals surface area contributed by atoms with E-state index >= 15 is 0 Å². The number of rotatable bonds is 5. The van der Waals surface area contributed by atoms with E-state index in [9.17, 15) is 9.59 Å². The quantitative estimate of drug-likeness (QED) is 0.645. The Morgan fingerprint density at radius 2 is 2.00 bits per heavy atom. The Bertz CT molecular complexity index is 801. The molecule has 0 spiro atoms. The number of likely N-dealkylation sites (tertiary alicyclic amines) is 1. The highest BCUT2D eigenvalue weighted by molar-refractivity contribution is 5.95. The lowest BCUT2D eigenvalue weighted by molar-refractivity contribution is -0.900. The number of carbonyl (C=O) groups excluding carboxylic acids is 2.